The molecule has 1 aromatic carbocycles. The summed E-state index contributed by atoms with van der Waals surface area (Å²) in [7, 11) is 0. The van der Waals surface area contributed by atoms with Crippen LogP contribution in [0.25, 0.3) is 11.1 Å². The molecule has 2 heterocycles. The molecule has 0 saturated carbocycles. The second-order valence-corrected chi connectivity index (χ2v) is 5.81. The first-order chi connectivity index (χ1) is 11.1. The summed E-state index contributed by atoms with van der Waals surface area (Å²) in [4.78, 5) is 17.9. The number of aromatic nitrogens is 1. The van der Waals surface area contributed by atoms with Gasteiger partial charge < -0.3 is 14.7 Å². The smallest absolute Gasteiger partial charge is 0.410 e. The molecule has 1 aliphatic rings. The van der Waals surface area contributed by atoms with Gasteiger partial charge in [0.05, 0.1) is 6.10 Å². The van der Waals surface area contributed by atoms with Crippen molar-refractivity contribution in [2.45, 2.75) is 25.9 Å². The number of ether oxygens (including phenoxy) is 1. The van der Waals surface area contributed by atoms with Gasteiger partial charge in [0, 0.05) is 31.0 Å². The molecule has 5 nitrogen and oxygen atoms in total. The number of carbonyl (C=O) groups is 1. The molecular weight excluding hydrogens is 292 g/mol. The molecule has 120 valence electrons. The lowest BCUT2D eigenvalue weighted by Gasteiger charge is -2.28. The Kier molecular flexibility index (Phi) is 4.57. The molecule has 3 rings (SSSR count). The van der Waals surface area contributed by atoms with E-state index in [1.54, 1.807) is 17.3 Å². The van der Waals surface area contributed by atoms with Crippen LogP contribution in [0.3, 0.4) is 0 Å². The second-order valence-electron chi connectivity index (χ2n) is 5.81. The molecule has 1 saturated heterocycles. The Morgan fingerprint density at radius 3 is 2.70 bits per heavy atom. The quantitative estimate of drug-likeness (QED) is 0.926. The number of nitrogens with zero attached hydrogens (tertiary/aromatic N) is 2. The Balaban J connectivity index is 1.70. The fourth-order valence-electron chi connectivity index (χ4n) is 2.68. The maximum atomic E-state index is 12.2. The van der Waals surface area contributed by atoms with Gasteiger partial charge in [0.2, 0.25) is 0 Å². The zero-order chi connectivity index (χ0) is 16.2. The SMILES string of the molecule is Cc1cc(-c2cccnc2)ccc1OC(=O)N1CCC(O)CC1. The van der Waals surface area contributed by atoms with Crippen LogP contribution < -0.4 is 4.74 Å². The Labute approximate surface area is 135 Å². The van der Waals surface area contributed by atoms with Gasteiger partial charge >= 0.3 is 6.09 Å². The third kappa shape index (κ3) is 3.68. The summed E-state index contributed by atoms with van der Waals surface area (Å²) in [5.41, 5.74) is 2.96. The van der Waals surface area contributed by atoms with Crippen molar-refractivity contribution in [2.24, 2.45) is 0 Å². The first-order valence-corrected chi connectivity index (χ1v) is 7.79. The molecule has 0 aliphatic carbocycles. The minimum Gasteiger partial charge on any atom is -0.410 e. The number of benzene rings is 1. The minimum atomic E-state index is -0.353. The van der Waals surface area contributed by atoms with Gasteiger partial charge in [-0.1, -0.05) is 12.1 Å². The molecule has 0 bridgehead atoms. The average molecular weight is 312 g/mol. The number of aryl methyl sites for hydroxylation is 1. The van der Waals surface area contributed by atoms with Crippen LogP contribution in [0.5, 0.6) is 5.75 Å². The van der Waals surface area contributed by atoms with Gasteiger partial charge in [-0.15, -0.1) is 0 Å². The summed E-state index contributed by atoms with van der Waals surface area (Å²) in [6.07, 6.45) is 4.09. The Hall–Kier alpha value is -2.40. The maximum absolute atomic E-state index is 12.2. The molecule has 0 radical (unpaired) electrons. The highest BCUT2D eigenvalue weighted by Crippen LogP contribution is 2.26. The number of rotatable bonds is 2. The standard InChI is InChI=1S/C18H20N2O3/c1-13-11-14(15-3-2-8-19-12-15)4-5-17(13)23-18(22)20-9-6-16(21)7-10-20/h2-5,8,11-12,16,21H,6-7,9-10H2,1H3. The van der Waals surface area contributed by atoms with Crippen molar-refractivity contribution in [2.75, 3.05) is 13.1 Å². The summed E-state index contributed by atoms with van der Waals surface area (Å²) in [6, 6.07) is 9.61. The van der Waals surface area contributed by atoms with Gasteiger partial charge in [-0.05, 0) is 49.1 Å². The van der Waals surface area contributed by atoms with Crippen LogP contribution in [-0.2, 0) is 0 Å². The van der Waals surface area contributed by atoms with E-state index in [4.69, 9.17) is 4.74 Å². The largest absolute Gasteiger partial charge is 0.415 e. The molecule has 5 heteroatoms. The number of aliphatic hydroxyl groups excluding tert-OH is 1. The molecule has 1 aliphatic heterocycles. The lowest BCUT2D eigenvalue weighted by atomic mass is 10.0. The van der Waals surface area contributed by atoms with Gasteiger partial charge in [0.25, 0.3) is 0 Å². The zero-order valence-corrected chi connectivity index (χ0v) is 13.1. The van der Waals surface area contributed by atoms with Crippen LogP contribution in [0.1, 0.15) is 18.4 Å². The van der Waals surface area contributed by atoms with Gasteiger partial charge in [0.15, 0.2) is 0 Å². The monoisotopic (exact) mass is 312 g/mol. The van der Waals surface area contributed by atoms with Crippen molar-refractivity contribution < 1.29 is 14.6 Å². The first kappa shape index (κ1) is 15.5. The van der Waals surface area contributed by atoms with Gasteiger partial charge in [-0.2, -0.15) is 0 Å². The molecule has 1 amide bonds. The van der Waals surface area contributed by atoms with E-state index in [0.29, 0.717) is 31.7 Å². The second kappa shape index (κ2) is 6.79. The fourth-order valence-corrected chi connectivity index (χ4v) is 2.68. The topological polar surface area (TPSA) is 62.7 Å². The summed E-state index contributed by atoms with van der Waals surface area (Å²) in [5, 5.41) is 9.50. The number of piperidine rings is 1. The summed E-state index contributed by atoms with van der Waals surface area (Å²) >= 11 is 0. The van der Waals surface area contributed by atoms with Crippen LogP contribution >= 0.6 is 0 Å². The number of pyridine rings is 1. The molecule has 0 unspecified atom stereocenters. The molecular formula is C18H20N2O3. The molecule has 1 aromatic heterocycles. The van der Waals surface area contributed by atoms with Crippen molar-refractivity contribution in [1.29, 1.82) is 0 Å². The van der Waals surface area contributed by atoms with E-state index in [1.807, 2.05) is 37.3 Å². The van der Waals surface area contributed by atoms with E-state index < -0.39 is 0 Å². The molecule has 23 heavy (non-hydrogen) atoms. The van der Waals surface area contributed by atoms with Crippen molar-refractivity contribution in [3.05, 3.63) is 48.3 Å². The predicted octanol–water partition coefficient (Wildman–Crippen LogP) is 3.01. The lowest BCUT2D eigenvalue weighted by Crippen LogP contribution is -2.41. The van der Waals surface area contributed by atoms with Crippen LogP contribution in [-0.4, -0.2) is 40.3 Å². The molecule has 0 spiro atoms. The summed E-state index contributed by atoms with van der Waals surface area (Å²) in [6.45, 7) is 2.99. The predicted molar refractivity (Wildman–Crippen MR) is 87.2 cm³/mol. The zero-order valence-electron chi connectivity index (χ0n) is 13.1. The molecule has 2 aromatic rings. The first-order valence-electron chi connectivity index (χ1n) is 7.79. The number of likely N-dealkylation sites (tertiary alicyclic amines) is 1. The molecule has 1 N–H and O–H groups in total. The number of aliphatic hydroxyl groups is 1. The normalized spacial score (nSPS) is 15.5. The van der Waals surface area contributed by atoms with Crippen LogP contribution in [0.2, 0.25) is 0 Å². The minimum absolute atomic E-state index is 0.306. The maximum Gasteiger partial charge on any atom is 0.415 e. The molecule has 1 fully saturated rings. The number of amides is 1. The van der Waals surface area contributed by atoms with E-state index in [-0.39, 0.29) is 12.2 Å². The summed E-state index contributed by atoms with van der Waals surface area (Å²) in [5.74, 6) is 0.564. The Bertz CT molecular complexity index is 680. The Morgan fingerprint density at radius 1 is 1.26 bits per heavy atom. The van der Waals surface area contributed by atoms with Crippen LogP contribution in [0.15, 0.2) is 42.7 Å². The highest BCUT2D eigenvalue weighted by Gasteiger charge is 2.23. The van der Waals surface area contributed by atoms with Crippen LogP contribution in [0.4, 0.5) is 4.79 Å². The fraction of sp³-hybridized carbons (Fsp3) is 0.333. The highest BCUT2D eigenvalue weighted by atomic mass is 16.6. The summed E-state index contributed by atoms with van der Waals surface area (Å²) < 4.78 is 5.50. The third-order valence-electron chi connectivity index (χ3n) is 4.09. The van der Waals surface area contributed by atoms with E-state index >= 15 is 0 Å². The van der Waals surface area contributed by atoms with Crippen molar-refractivity contribution in [3.63, 3.8) is 0 Å². The number of hydrogen-bond acceptors (Lipinski definition) is 4. The van der Waals surface area contributed by atoms with E-state index in [2.05, 4.69) is 4.98 Å². The van der Waals surface area contributed by atoms with Gasteiger partial charge in [-0.25, -0.2) is 4.79 Å². The van der Waals surface area contributed by atoms with E-state index in [9.17, 15) is 9.90 Å². The van der Waals surface area contributed by atoms with E-state index in [1.165, 1.54) is 0 Å². The third-order valence-corrected chi connectivity index (χ3v) is 4.09. The van der Waals surface area contributed by atoms with Crippen molar-refractivity contribution >= 4 is 6.09 Å². The van der Waals surface area contributed by atoms with Crippen molar-refractivity contribution in [3.8, 4) is 16.9 Å². The highest BCUT2D eigenvalue weighted by molar-refractivity contribution is 5.72. The molecule has 0 atom stereocenters. The van der Waals surface area contributed by atoms with Crippen molar-refractivity contribution in [1.82, 2.24) is 9.88 Å². The van der Waals surface area contributed by atoms with E-state index in [0.717, 1.165) is 16.7 Å². The average Bonchev–Trinajstić information content (AvgIpc) is 2.58. The van der Waals surface area contributed by atoms with Gasteiger partial charge in [0.1, 0.15) is 5.75 Å². The lowest BCUT2D eigenvalue weighted by molar-refractivity contribution is 0.0797. The van der Waals surface area contributed by atoms with Gasteiger partial charge in [-0.3, -0.25) is 4.98 Å². The van der Waals surface area contributed by atoms with Crippen LogP contribution in [0, 0.1) is 6.92 Å². The number of hydrogen-bond donors (Lipinski definition) is 1. The Morgan fingerprint density at radius 2 is 2.04 bits per heavy atom. The number of carbonyl (C=O) groups excluding carboxylic acids is 1.